The van der Waals surface area contributed by atoms with Crippen LogP contribution < -0.4 is 0 Å². The minimum atomic E-state index is -0.864. The van der Waals surface area contributed by atoms with Gasteiger partial charge in [0.1, 0.15) is 5.69 Å². The summed E-state index contributed by atoms with van der Waals surface area (Å²) in [6, 6.07) is 2.13. The third-order valence-electron chi connectivity index (χ3n) is 3.40. The number of carbonyl (C=O) groups is 1. The smallest absolute Gasteiger partial charge is 0.352 e. The van der Waals surface area contributed by atoms with Gasteiger partial charge in [0.2, 0.25) is 0 Å². The monoisotopic (exact) mass is 300 g/mol. The average Bonchev–Trinajstić information content (AvgIpc) is 2.85. The minimum absolute atomic E-state index is 0.361. The summed E-state index contributed by atoms with van der Waals surface area (Å²) in [4.78, 5) is 13.5. The molecule has 1 aliphatic heterocycles. The molecule has 0 bridgehead atoms. The van der Waals surface area contributed by atoms with E-state index in [-0.39, 0.29) is 0 Å². The molecule has 0 saturated carbocycles. The SMILES string of the molecule is CCN1CCCC1Cn1cc(Br)cc1C(=O)O. The summed E-state index contributed by atoms with van der Waals surface area (Å²) in [6.07, 6.45) is 4.22. The van der Waals surface area contributed by atoms with Crippen molar-refractivity contribution in [2.45, 2.75) is 32.4 Å². The second-order valence-electron chi connectivity index (χ2n) is 4.43. The maximum Gasteiger partial charge on any atom is 0.352 e. The van der Waals surface area contributed by atoms with Crippen LogP contribution in [0.3, 0.4) is 0 Å². The van der Waals surface area contributed by atoms with E-state index in [1.54, 1.807) is 6.07 Å². The summed E-state index contributed by atoms with van der Waals surface area (Å²) in [6.45, 7) is 5.09. The maximum atomic E-state index is 11.1. The summed E-state index contributed by atoms with van der Waals surface area (Å²) < 4.78 is 2.67. The Labute approximate surface area is 109 Å². The fourth-order valence-electron chi connectivity index (χ4n) is 2.55. The van der Waals surface area contributed by atoms with Gasteiger partial charge in [0, 0.05) is 23.3 Å². The van der Waals surface area contributed by atoms with E-state index >= 15 is 0 Å². The van der Waals surface area contributed by atoms with E-state index in [4.69, 9.17) is 5.11 Å². The van der Waals surface area contributed by atoms with Gasteiger partial charge in [-0.15, -0.1) is 0 Å². The number of carboxylic acid groups (broad SMARTS) is 1. The number of halogens is 1. The Morgan fingerprint density at radius 3 is 3.06 bits per heavy atom. The molecule has 1 aliphatic rings. The van der Waals surface area contributed by atoms with Gasteiger partial charge >= 0.3 is 5.97 Å². The molecule has 0 aliphatic carbocycles. The molecule has 1 saturated heterocycles. The Balaban J connectivity index is 2.15. The lowest BCUT2D eigenvalue weighted by Gasteiger charge is -2.23. The van der Waals surface area contributed by atoms with E-state index in [0.717, 1.165) is 30.5 Å². The van der Waals surface area contributed by atoms with Crippen molar-refractivity contribution < 1.29 is 9.90 Å². The summed E-state index contributed by atoms with van der Waals surface area (Å²) in [5.74, 6) is -0.864. The van der Waals surface area contributed by atoms with Crippen LogP contribution in [0.1, 0.15) is 30.3 Å². The second-order valence-corrected chi connectivity index (χ2v) is 5.34. The molecule has 94 valence electrons. The molecule has 0 radical (unpaired) electrons. The molecule has 1 fully saturated rings. The van der Waals surface area contributed by atoms with Crippen LogP contribution in [-0.2, 0) is 6.54 Å². The molecule has 0 amide bonds. The van der Waals surface area contributed by atoms with Crippen LogP contribution in [0.2, 0.25) is 0 Å². The van der Waals surface area contributed by atoms with Crippen LogP contribution >= 0.6 is 15.9 Å². The molecule has 2 rings (SSSR count). The Hall–Kier alpha value is -0.810. The third kappa shape index (κ3) is 2.72. The molecule has 1 unspecified atom stereocenters. The molecular formula is C12H17BrN2O2. The van der Waals surface area contributed by atoms with E-state index < -0.39 is 5.97 Å². The van der Waals surface area contributed by atoms with E-state index in [9.17, 15) is 4.79 Å². The van der Waals surface area contributed by atoms with Crippen LogP contribution in [0.15, 0.2) is 16.7 Å². The summed E-state index contributed by atoms with van der Waals surface area (Å²) in [7, 11) is 0. The van der Waals surface area contributed by atoms with Crippen molar-refractivity contribution in [3.8, 4) is 0 Å². The van der Waals surface area contributed by atoms with Gasteiger partial charge in [-0.1, -0.05) is 6.92 Å². The van der Waals surface area contributed by atoms with E-state index in [1.165, 1.54) is 6.42 Å². The molecular weight excluding hydrogens is 284 g/mol. The lowest BCUT2D eigenvalue weighted by molar-refractivity contribution is 0.0683. The summed E-state index contributed by atoms with van der Waals surface area (Å²) in [5.41, 5.74) is 0.361. The highest BCUT2D eigenvalue weighted by Gasteiger charge is 2.24. The van der Waals surface area contributed by atoms with Gasteiger partial charge in [-0.2, -0.15) is 0 Å². The molecule has 17 heavy (non-hydrogen) atoms. The number of aromatic nitrogens is 1. The molecule has 0 spiro atoms. The number of likely N-dealkylation sites (N-methyl/N-ethyl adjacent to an activating group) is 1. The first-order valence-electron chi connectivity index (χ1n) is 5.95. The van der Waals surface area contributed by atoms with Crippen LogP contribution in [0.4, 0.5) is 0 Å². The topological polar surface area (TPSA) is 45.5 Å². The quantitative estimate of drug-likeness (QED) is 0.929. The Kier molecular flexibility index (Phi) is 3.89. The largest absolute Gasteiger partial charge is 0.477 e. The number of rotatable bonds is 4. The summed E-state index contributed by atoms with van der Waals surface area (Å²) in [5, 5.41) is 9.12. The Morgan fingerprint density at radius 1 is 1.65 bits per heavy atom. The van der Waals surface area contributed by atoms with Gasteiger partial charge in [0.05, 0.1) is 0 Å². The van der Waals surface area contributed by atoms with E-state index in [0.29, 0.717) is 11.7 Å². The Bertz CT molecular complexity index is 417. The number of carboxylic acids is 1. The van der Waals surface area contributed by atoms with Crippen LogP contribution in [0.5, 0.6) is 0 Å². The Morgan fingerprint density at radius 2 is 2.41 bits per heavy atom. The molecule has 5 heteroatoms. The van der Waals surface area contributed by atoms with Crippen molar-refractivity contribution in [3.05, 3.63) is 22.4 Å². The van der Waals surface area contributed by atoms with Crippen LogP contribution in [-0.4, -0.2) is 39.7 Å². The van der Waals surface area contributed by atoms with Gasteiger partial charge in [-0.25, -0.2) is 4.79 Å². The van der Waals surface area contributed by atoms with Crippen molar-refractivity contribution >= 4 is 21.9 Å². The zero-order valence-corrected chi connectivity index (χ0v) is 11.5. The normalized spacial score (nSPS) is 20.9. The fraction of sp³-hybridized carbons (Fsp3) is 0.583. The molecule has 4 nitrogen and oxygen atoms in total. The van der Waals surface area contributed by atoms with Gasteiger partial charge in [-0.05, 0) is 47.9 Å². The van der Waals surface area contributed by atoms with Crippen LogP contribution in [0.25, 0.3) is 0 Å². The molecule has 0 aromatic carbocycles. The number of hydrogen-bond acceptors (Lipinski definition) is 2. The van der Waals surface area contributed by atoms with E-state index in [2.05, 4.69) is 27.8 Å². The summed E-state index contributed by atoms with van der Waals surface area (Å²) >= 11 is 3.34. The lowest BCUT2D eigenvalue weighted by atomic mass is 10.2. The molecule has 2 heterocycles. The molecule has 1 aromatic heterocycles. The van der Waals surface area contributed by atoms with Crippen molar-refractivity contribution in [3.63, 3.8) is 0 Å². The van der Waals surface area contributed by atoms with Crippen LogP contribution in [0, 0.1) is 0 Å². The van der Waals surface area contributed by atoms with Crippen molar-refractivity contribution in [1.29, 1.82) is 0 Å². The molecule has 1 atom stereocenters. The zero-order chi connectivity index (χ0) is 12.4. The fourth-order valence-corrected chi connectivity index (χ4v) is 3.01. The highest BCUT2D eigenvalue weighted by Crippen LogP contribution is 2.21. The van der Waals surface area contributed by atoms with E-state index in [1.807, 2.05) is 10.8 Å². The first kappa shape index (κ1) is 12.6. The van der Waals surface area contributed by atoms with Gasteiger partial charge in [0.25, 0.3) is 0 Å². The number of hydrogen-bond donors (Lipinski definition) is 1. The number of aromatic carboxylic acids is 1. The highest BCUT2D eigenvalue weighted by atomic mass is 79.9. The average molecular weight is 301 g/mol. The third-order valence-corrected chi connectivity index (χ3v) is 3.83. The van der Waals surface area contributed by atoms with Crippen molar-refractivity contribution in [2.75, 3.05) is 13.1 Å². The standard InChI is InChI=1S/C12H17BrN2O2/c1-2-14-5-3-4-10(14)8-15-7-9(13)6-11(15)12(16)17/h6-7,10H,2-5,8H2,1H3,(H,16,17). The number of likely N-dealkylation sites (tertiary alicyclic amines) is 1. The highest BCUT2D eigenvalue weighted by molar-refractivity contribution is 9.10. The molecule has 1 aromatic rings. The predicted molar refractivity (Wildman–Crippen MR) is 69.4 cm³/mol. The minimum Gasteiger partial charge on any atom is -0.477 e. The van der Waals surface area contributed by atoms with Gasteiger partial charge < -0.3 is 9.67 Å². The molecule has 1 N–H and O–H groups in total. The maximum absolute atomic E-state index is 11.1. The first-order chi connectivity index (χ1) is 8.11. The predicted octanol–water partition coefficient (Wildman–Crippen LogP) is 2.43. The lowest BCUT2D eigenvalue weighted by Crippen LogP contribution is -2.33. The second kappa shape index (κ2) is 5.23. The van der Waals surface area contributed by atoms with Gasteiger partial charge in [0.15, 0.2) is 0 Å². The van der Waals surface area contributed by atoms with Gasteiger partial charge in [-0.3, -0.25) is 4.90 Å². The number of nitrogens with zero attached hydrogens (tertiary/aromatic N) is 2. The zero-order valence-electron chi connectivity index (χ0n) is 9.90. The van der Waals surface area contributed by atoms with Crippen molar-refractivity contribution in [1.82, 2.24) is 9.47 Å². The van der Waals surface area contributed by atoms with Crippen molar-refractivity contribution in [2.24, 2.45) is 0 Å². The first-order valence-corrected chi connectivity index (χ1v) is 6.74.